The molecule has 0 aliphatic heterocycles. The maximum Gasteiger partial charge on any atom is 0.0488 e. The predicted molar refractivity (Wildman–Crippen MR) is 158 cm³/mol. The fraction of sp³-hybridized carbons (Fsp3) is 0.647. The summed E-state index contributed by atoms with van der Waals surface area (Å²) in [6.07, 6.45) is 25.5. The second kappa shape index (κ2) is 17.0. The molecule has 0 fully saturated rings. The van der Waals surface area contributed by atoms with E-state index in [2.05, 4.69) is 85.4 Å². The molecule has 1 heteroatoms. The molecule has 0 saturated carbocycles. The van der Waals surface area contributed by atoms with Gasteiger partial charge in [-0.15, -0.1) is 0 Å². The van der Waals surface area contributed by atoms with E-state index in [9.17, 15) is 5.11 Å². The van der Waals surface area contributed by atoms with Gasteiger partial charge in [-0.3, -0.25) is 0 Å². The van der Waals surface area contributed by atoms with Crippen LogP contribution in [0.15, 0.2) is 70.4 Å². The first-order valence-electron chi connectivity index (χ1n) is 14.1. The molecule has 198 valence electrons. The molecule has 1 aliphatic rings. The Balaban J connectivity index is 2.53. The lowest BCUT2D eigenvalue weighted by molar-refractivity contribution is 0.110. The highest BCUT2D eigenvalue weighted by Gasteiger charge is 2.31. The first-order valence-corrected chi connectivity index (χ1v) is 14.1. The summed E-state index contributed by atoms with van der Waals surface area (Å²) in [6, 6.07) is 0. The van der Waals surface area contributed by atoms with Gasteiger partial charge in [0.2, 0.25) is 0 Å². The summed E-state index contributed by atoms with van der Waals surface area (Å²) in [6.45, 7) is 20.1. The zero-order valence-electron chi connectivity index (χ0n) is 24.3. The topological polar surface area (TPSA) is 20.2 Å². The number of hydrogen-bond acceptors (Lipinski definition) is 1. The van der Waals surface area contributed by atoms with Gasteiger partial charge in [0.1, 0.15) is 0 Å². The molecule has 0 radical (unpaired) electrons. The van der Waals surface area contributed by atoms with Crippen LogP contribution in [0.5, 0.6) is 0 Å². The van der Waals surface area contributed by atoms with Crippen LogP contribution in [0.25, 0.3) is 0 Å². The molecular formula is C34H56O. The molecule has 0 saturated heterocycles. The molecule has 0 heterocycles. The summed E-state index contributed by atoms with van der Waals surface area (Å²) in [5.41, 5.74) is 8.76. The van der Waals surface area contributed by atoms with Crippen molar-refractivity contribution in [1.29, 1.82) is 0 Å². The monoisotopic (exact) mass is 480 g/mol. The molecule has 0 aromatic carbocycles. The minimum absolute atomic E-state index is 0.0312. The van der Waals surface area contributed by atoms with Crippen LogP contribution >= 0.6 is 0 Å². The number of hydrogen-bond donors (Lipinski definition) is 1. The Labute approximate surface area is 218 Å². The normalized spacial score (nSPS) is 20.9. The van der Waals surface area contributed by atoms with E-state index in [4.69, 9.17) is 0 Å². The molecular weight excluding hydrogens is 424 g/mol. The van der Waals surface area contributed by atoms with Crippen molar-refractivity contribution >= 4 is 0 Å². The largest absolute Gasteiger partial charge is 0.396 e. The third kappa shape index (κ3) is 15.2. The Hall–Kier alpha value is -1.60. The van der Waals surface area contributed by atoms with Gasteiger partial charge in [-0.1, -0.05) is 77.3 Å². The third-order valence-corrected chi connectivity index (χ3v) is 7.26. The van der Waals surface area contributed by atoms with E-state index in [1.54, 1.807) is 5.57 Å². The van der Waals surface area contributed by atoms with Gasteiger partial charge in [0, 0.05) is 6.61 Å². The molecule has 1 nitrogen and oxygen atoms in total. The van der Waals surface area contributed by atoms with E-state index < -0.39 is 0 Å². The van der Waals surface area contributed by atoms with E-state index in [0.29, 0.717) is 5.92 Å². The Morgan fingerprint density at radius 1 is 0.857 bits per heavy atom. The van der Waals surface area contributed by atoms with Crippen molar-refractivity contribution in [2.45, 2.75) is 126 Å². The highest BCUT2D eigenvalue weighted by molar-refractivity contribution is 5.15. The second-order valence-electron chi connectivity index (χ2n) is 12.0. The average Bonchev–Trinajstić information content (AvgIpc) is 2.77. The summed E-state index contributed by atoms with van der Waals surface area (Å²) in [4.78, 5) is 0. The number of allylic oxidation sites excluding steroid dienone is 11. The number of aliphatic hydroxyl groups is 1. The van der Waals surface area contributed by atoms with E-state index in [1.165, 1.54) is 34.3 Å². The van der Waals surface area contributed by atoms with Crippen LogP contribution in [0.1, 0.15) is 126 Å². The van der Waals surface area contributed by atoms with Crippen molar-refractivity contribution in [3.63, 3.8) is 0 Å². The fourth-order valence-electron chi connectivity index (χ4n) is 5.10. The minimum atomic E-state index is 0.0312. The highest BCUT2D eigenvalue weighted by atomic mass is 16.3. The van der Waals surface area contributed by atoms with Gasteiger partial charge in [0.15, 0.2) is 0 Å². The fourth-order valence-corrected chi connectivity index (χ4v) is 5.10. The second-order valence-corrected chi connectivity index (χ2v) is 12.0. The van der Waals surface area contributed by atoms with Crippen molar-refractivity contribution < 1.29 is 5.11 Å². The molecule has 0 bridgehead atoms. The molecule has 1 N–H and O–H groups in total. The molecule has 0 spiro atoms. The predicted octanol–water partition coefficient (Wildman–Crippen LogP) is 10.6. The molecule has 0 amide bonds. The molecule has 0 unspecified atom stereocenters. The smallest absolute Gasteiger partial charge is 0.0488 e. The molecule has 0 aromatic heterocycles. The van der Waals surface area contributed by atoms with Gasteiger partial charge < -0.3 is 5.11 Å². The minimum Gasteiger partial charge on any atom is -0.396 e. The number of rotatable bonds is 16. The van der Waals surface area contributed by atoms with Crippen molar-refractivity contribution in [2.24, 2.45) is 11.3 Å². The zero-order valence-corrected chi connectivity index (χ0v) is 24.3. The summed E-state index contributed by atoms with van der Waals surface area (Å²) in [7, 11) is 0. The van der Waals surface area contributed by atoms with Crippen molar-refractivity contribution in [3.05, 3.63) is 70.4 Å². The van der Waals surface area contributed by atoms with Crippen LogP contribution in [0.4, 0.5) is 0 Å². The first kappa shape index (κ1) is 31.4. The summed E-state index contributed by atoms with van der Waals surface area (Å²) >= 11 is 0. The summed E-state index contributed by atoms with van der Waals surface area (Å²) in [5, 5.41) is 10.1. The van der Waals surface area contributed by atoms with Crippen molar-refractivity contribution in [1.82, 2.24) is 0 Å². The molecule has 2 atom stereocenters. The molecule has 35 heavy (non-hydrogen) atoms. The van der Waals surface area contributed by atoms with E-state index in [0.717, 1.165) is 70.6 Å². The quantitative estimate of drug-likeness (QED) is 0.218. The molecule has 1 aliphatic carbocycles. The van der Waals surface area contributed by atoms with Gasteiger partial charge in [-0.25, -0.2) is 0 Å². The standard InChI is InChI=1S/C34H56O/c1-27(2)13-9-15-29(5)17-11-18-31(7)21-22-33-23-32(24-34(8,25-33)26-35)20-12-19-30(6)16-10-14-28(3)4/h13-14,17,19,23,33,35H,7,9-12,15-16,18,20-22,24-26H2,1-6,8H3/b29-17+,30-19+/t33-,34+/m0/s1. The van der Waals surface area contributed by atoms with Crippen LogP contribution in [0.2, 0.25) is 0 Å². The molecule has 0 aromatic rings. The van der Waals surface area contributed by atoms with Crippen LogP contribution in [0, 0.1) is 11.3 Å². The van der Waals surface area contributed by atoms with Gasteiger partial charge in [-0.05, 0) is 130 Å². The van der Waals surface area contributed by atoms with Crippen LogP contribution in [-0.2, 0) is 0 Å². The van der Waals surface area contributed by atoms with Crippen LogP contribution in [0.3, 0.4) is 0 Å². The Kier molecular flexibility index (Phi) is 15.2. The van der Waals surface area contributed by atoms with E-state index in [1.807, 2.05) is 0 Å². The Bertz CT molecular complexity index is 792. The maximum absolute atomic E-state index is 10.1. The van der Waals surface area contributed by atoms with Crippen LogP contribution < -0.4 is 0 Å². The lowest BCUT2D eigenvalue weighted by Crippen LogP contribution is -2.28. The maximum atomic E-state index is 10.1. The lowest BCUT2D eigenvalue weighted by atomic mass is 9.70. The highest BCUT2D eigenvalue weighted by Crippen LogP contribution is 2.41. The van der Waals surface area contributed by atoms with Gasteiger partial charge in [-0.2, -0.15) is 0 Å². The summed E-state index contributed by atoms with van der Waals surface area (Å²) < 4.78 is 0. The molecule has 1 rings (SSSR count). The van der Waals surface area contributed by atoms with Crippen LogP contribution in [-0.4, -0.2) is 11.7 Å². The Morgan fingerprint density at radius 3 is 1.94 bits per heavy atom. The van der Waals surface area contributed by atoms with Gasteiger partial charge >= 0.3 is 0 Å². The first-order chi connectivity index (χ1) is 16.5. The van der Waals surface area contributed by atoms with Gasteiger partial charge in [0.05, 0.1) is 0 Å². The average molecular weight is 481 g/mol. The van der Waals surface area contributed by atoms with E-state index >= 15 is 0 Å². The summed E-state index contributed by atoms with van der Waals surface area (Å²) in [5.74, 6) is 0.566. The van der Waals surface area contributed by atoms with Crippen molar-refractivity contribution in [2.75, 3.05) is 6.61 Å². The van der Waals surface area contributed by atoms with Gasteiger partial charge in [0.25, 0.3) is 0 Å². The van der Waals surface area contributed by atoms with Crippen molar-refractivity contribution in [3.8, 4) is 0 Å². The Morgan fingerprint density at radius 2 is 1.40 bits per heavy atom. The SMILES string of the molecule is C=C(CC/C=C(\C)CCC=C(C)C)CC[C@H]1C=C(CC/C=C(\C)CCC=C(C)C)C[C@@](C)(CO)C1. The number of aliphatic hydroxyl groups excluding tert-OH is 1. The third-order valence-electron chi connectivity index (χ3n) is 7.26. The lowest BCUT2D eigenvalue weighted by Gasteiger charge is -2.36. The zero-order chi connectivity index (χ0) is 26.3. The van der Waals surface area contributed by atoms with E-state index in [-0.39, 0.29) is 12.0 Å².